The Hall–Kier alpha value is -1.63. The number of hydrogen-bond donors (Lipinski definition) is 3. The number of nitrogens with one attached hydrogen (secondary N) is 2. The Morgan fingerprint density at radius 3 is 2.67 bits per heavy atom. The van der Waals surface area contributed by atoms with Gasteiger partial charge in [-0.15, -0.1) is 0 Å². The van der Waals surface area contributed by atoms with E-state index in [1.54, 1.807) is 24.3 Å². The molecule has 1 atom stereocenters. The van der Waals surface area contributed by atoms with Gasteiger partial charge >= 0.3 is 0 Å². The van der Waals surface area contributed by atoms with Gasteiger partial charge in [0.2, 0.25) is 5.91 Å². The molecule has 0 aromatic heterocycles. The van der Waals surface area contributed by atoms with E-state index in [2.05, 4.69) is 10.6 Å². The third-order valence-corrected chi connectivity index (χ3v) is 4.48. The number of benzene rings is 1. The van der Waals surface area contributed by atoms with Crippen LogP contribution in [0.1, 0.15) is 29.6 Å². The van der Waals surface area contributed by atoms with Crippen molar-refractivity contribution in [3.63, 3.8) is 0 Å². The van der Waals surface area contributed by atoms with Crippen LogP contribution in [0, 0.1) is 5.92 Å². The van der Waals surface area contributed by atoms with E-state index < -0.39 is 0 Å². The van der Waals surface area contributed by atoms with Crippen LogP contribution >= 0.6 is 11.6 Å². The summed E-state index contributed by atoms with van der Waals surface area (Å²) in [6, 6.07) is 6.57. The highest BCUT2D eigenvalue weighted by Crippen LogP contribution is 2.20. The van der Waals surface area contributed by atoms with E-state index in [0.717, 1.165) is 12.8 Å². The summed E-state index contributed by atoms with van der Waals surface area (Å²) in [4.78, 5) is 24.2. The number of ether oxygens (including phenoxy) is 1. The van der Waals surface area contributed by atoms with Gasteiger partial charge in [-0.2, -0.15) is 0 Å². The monoisotopic (exact) mass is 354 g/mol. The third-order valence-electron chi connectivity index (χ3n) is 4.15. The van der Waals surface area contributed by atoms with Gasteiger partial charge in [0.1, 0.15) is 0 Å². The molecule has 1 saturated heterocycles. The Labute approximate surface area is 146 Å². The van der Waals surface area contributed by atoms with Crippen molar-refractivity contribution in [1.82, 2.24) is 10.6 Å². The first kappa shape index (κ1) is 18.7. The van der Waals surface area contributed by atoms with E-state index in [-0.39, 0.29) is 36.9 Å². The van der Waals surface area contributed by atoms with Crippen LogP contribution in [-0.4, -0.2) is 49.3 Å². The molecule has 2 rings (SSSR count). The Kier molecular flexibility index (Phi) is 7.49. The second-order valence-electron chi connectivity index (χ2n) is 5.80. The minimum atomic E-state index is -0.388. The van der Waals surface area contributed by atoms with E-state index in [1.165, 1.54) is 0 Å². The zero-order valence-corrected chi connectivity index (χ0v) is 14.2. The fourth-order valence-electron chi connectivity index (χ4n) is 2.84. The molecule has 1 heterocycles. The number of carbonyl (C=O) groups excluding carboxylic acids is 2. The van der Waals surface area contributed by atoms with Crippen molar-refractivity contribution in [2.75, 3.05) is 26.4 Å². The Morgan fingerprint density at radius 1 is 1.29 bits per heavy atom. The molecule has 24 heavy (non-hydrogen) atoms. The number of hydrogen-bond acceptors (Lipinski definition) is 4. The predicted octanol–water partition coefficient (Wildman–Crippen LogP) is 1.36. The van der Waals surface area contributed by atoms with Gasteiger partial charge < -0.3 is 20.5 Å². The van der Waals surface area contributed by atoms with Crippen molar-refractivity contribution in [3.8, 4) is 0 Å². The van der Waals surface area contributed by atoms with Gasteiger partial charge in [0.25, 0.3) is 5.91 Å². The van der Waals surface area contributed by atoms with Gasteiger partial charge in [-0.1, -0.05) is 23.7 Å². The van der Waals surface area contributed by atoms with E-state index in [9.17, 15) is 14.7 Å². The van der Waals surface area contributed by atoms with Crippen LogP contribution in [-0.2, 0) is 9.53 Å². The smallest absolute Gasteiger partial charge is 0.253 e. The molecule has 2 amide bonds. The van der Waals surface area contributed by atoms with Gasteiger partial charge in [-0.25, -0.2) is 0 Å². The molecule has 1 aliphatic rings. The summed E-state index contributed by atoms with van der Waals surface area (Å²) >= 11 is 5.96. The van der Waals surface area contributed by atoms with Gasteiger partial charge in [0.05, 0.1) is 17.1 Å². The maximum atomic E-state index is 12.1. The number of aliphatic hydroxyl groups is 1. The lowest BCUT2D eigenvalue weighted by molar-refractivity contribution is -0.121. The third kappa shape index (κ3) is 5.47. The quantitative estimate of drug-likeness (QED) is 0.690. The Morgan fingerprint density at radius 2 is 2.00 bits per heavy atom. The average Bonchev–Trinajstić information content (AvgIpc) is 2.60. The largest absolute Gasteiger partial charge is 0.396 e. The van der Waals surface area contributed by atoms with Crippen molar-refractivity contribution in [3.05, 3.63) is 34.9 Å². The second-order valence-corrected chi connectivity index (χ2v) is 6.21. The molecule has 1 aliphatic heterocycles. The summed E-state index contributed by atoms with van der Waals surface area (Å²) in [6.07, 6.45) is 2.21. The lowest BCUT2D eigenvalue weighted by Crippen LogP contribution is -2.46. The summed E-state index contributed by atoms with van der Waals surface area (Å²) in [5, 5.41) is 15.0. The molecule has 132 valence electrons. The number of aliphatic hydroxyl groups excluding tert-OH is 1. The van der Waals surface area contributed by atoms with Crippen LogP contribution in [0.5, 0.6) is 0 Å². The summed E-state index contributed by atoms with van der Waals surface area (Å²) in [7, 11) is 0. The second kappa shape index (κ2) is 9.61. The Balaban J connectivity index is 1.84. The summed E-state index contributed by atoms with van der Waals surface area (Å²) in [5.41, 5.74) is 0.336. The molecule has 6 nitrogen and oxygen atoms in total. The van der Waals surface area contributed by atoms with Crippen LogP contribution < -0.4 is 10.6 Å². The summed E-state index contributed by atoms with van der Waals surface area (Å²) in [6.45, 7) is 1.22. The molecule has 0 radical (unpaired) electrons. The zero-order valence-electron chi connectivity index (χ0n) is 13.5. The minimum absolute atomic E-state index is 0.00822. The zero-order chi connectivity index (χ0) is 17.4. The van der Waals surface area contributed by atoms with Crippen LogP contribution in [0.3, 0.4) is 0 Å². The summed E-state index contributed by atoms with van der Waals surface area (Å²) in [5.74, 6) is -0.380. The van der Waals surface area contributed by atoms with E-state index >= 15 is 0 Å². The van der Waals surface area contributed by atoms with Crippen LogP contribution in [0.4, 0.5) is 0 Å². The van der Waals surface area contributed by atoms with Crippen LogP contribution in [0.15, 0.2) is 24.3 Å². The minimum Gasteiger partial charge on any atom is -0.396 e. The van der Waals surface area contributed by atoms with Crippen molar-refractivity contribution in [2.24, 2.45) is 5.92 Å². The number of rotatable bonds is 7. The van der Waals surface area contributed by atoms with Gasteiger partial charge in [-0.05, 0) is 37.3 Å². The molecule has 0 spiro atoms. The lowest BCUT2D eigenvalue weighted by atomic mass is 9.90. The average molecular weight is 355 g/mol. The predicted molar refractivity (Wildman–Crippen MR) is 91.0 cm³/mol. The van der Waals surface area contributed by atoms with E-state index in [4.69, 9.17) is 16.3 Å². The summed E-state index contributed by atoms with van der Waals surface area (Å²) < 4.78 is 5.33. The highest BCUT2D eigenvalue weighted by molar-refractivity contribution is 6.33. The van der Waals surface area contributed by atoms with Crippen molar-refractivity contribution in [2.45, 2.75) is 25.3 Å². The molecule has 3 N–H and O–H groups in total. The fraction of sp³-hybridized carbons (Fsp3) is 0.529. The molecular formula is C17H23ClN2O4. The first-order valence-electron chi connectivity index (χ1n) is 8.12. The first-order valence-corrected chi connectivity index (χ1v) is 8.50. The number of amides is 2. The normalized spacial score (nSPS) is 16.4. The van der Waals surface area contributed by atoms with Crippen molar-refractivity contribution >= 4 is 23.4 Å². The van der Waals surface area contributed by atoms with E-state index in [0.29, 0.717) is 30.2 Å². The van der Waals surface area contributed by atoms with Crippen LogP contribution in [0.2, 0.25) is 5.02 Å². The molecule has 0 aliphatic carbocycles. The molecule has 1 fully saturated rings. The molecule has 0 saturated carbocycles. The van der Waals surface area contributed by atoms with Gasteiger partial charge in [0.15, 0.2) is 0 Å². The first-order chi connectivity index (χ1) is 11.6. The highest BCUT2D eigenvalue weighted by Gasteiger charge is 2.25. The maximum absolute atomic E-state index is 12.1. The Bertz CT molecular complexity index is 561. The van der Waals surface area contributed by atoms with Gasteiger partial charge in [-0.3, -0.25) is 9.59 Å². The SMILES string of the molecule is O=C(CNC(=O)c1ccccc1Cl)N[C@@H](CCO)C1CCOCC1. The highest BCUT2D eigenvalue weighted by atomic mass is 35.5. The fourth-order valence-corrected chi connectivity index (χ4v) is 3.06. The lowest BCUT2D eigenvalue weighted by Gasteiger charge is -2.30. The molecular weight excluding hydrogens is 332 g/mol. The molecule has 0 bridgehead atoms. The number of carbonyl (C=O) groups is 2. The van der Waals surface area contributed by atoms with Gasteiger partial charge in [0, 0.05) is 25.9 Å². The maximum Gasteiger partial charge on any atom is 0.253 e. The van der Waals surface area contributed by atoms with Crippen molar-refractivity contribution < 1.29 is 19.4 Å². The topological polar surface area (TPSA) is 87.7 Å². The number of halogens is 1. The molecule has 0 unspecified atom stereocenters. The van der Waals surface area contributed by atoms with Crippen molar-refractivity contribution in [1.29, 1.82) is 0 Å². The van der Waals surface area contributed by atoms with E-state index in [1.807, 2.05) is 0 Å². The van der Waals surface area contributed by atoms with Crippen LogP contribution in [0.25, 0.3) is 0 Å². The standard InChI is InChI=1S/C17H23ClN2O4/c18-14-4-2-1-3-13(14)17(23)19-11-16(22)20-15(5-8-21)12-6-9-24-10-7-12/h1-4,12,15,21H,5-11H2,(H,19,23)(H,20,22)/t15-/m0/s1. The molecule has 7 heteroatoms. The molecule has 1 aromatic carbocycles. The molecule has 1 aromatic rings.